The topological polar surface area (TPSA) is 94.6 Å². The summed E-state index contributed by atoms with van der Waals surface area (Å²) in [5.41, 5.74) is -1.11. The molecule has 30 heavy (non-hydrogen) atoms. The van der Waals surface area contributed by atoms with Crippen molar-refractivity contribution in [2.24, 2.45) is 5.92 Å². The summed E-state index contributed by atoms with van der Waals surface area (Å²) < 4.78 is 69.4. The molecule has 0 unspecified atom stereocenters. The molecule has 1 amide bonds. The first-order chi connectivity index (χ1) is 14.0. The van der Waals surface area contributed by atoms with Gasteiger partial charge in [-0.15, -0.1) is 0 Å². The number of carbonyl (C=O) groups excluding carboxylic acids is 1. The van der Waals surface area contributed by atoms with E-state index in [1.165, 1.54) is 6.20 Å². The van der Waals surface area contributed by atoms with Crippen LogP contribution >= 0.6 is 0 Å². The number of carbonyl (C=O) groups is 1. The lowest BCUT2D eigenvalue weighted by Gasteiger charge is -2.37. The van der Waals surface area contributed by atoms with Crippen LogP contribution < -0.4 is 10.6 Å². The Morgan fingerprint density at radius 1 is 1.27 bits per heavy atom. The lowest BCUT2D eigenvalue weighted by atomic mass is 9.98. The highest BCUT2D eigenvalue weighted by Crippen LogP contribution is 2.37. The largest absolute Gasteiger partial charge is 0.434 e. The summed E-state index contributed by atoms with van der Waals surface area (Å²) in [5.74, 6) is -2.01. The molecule has 6 atom stereocenters. The number of hydrogen-bond acceptors (Lipinski definition) is 7. The van der Waals surface area contributed by atoms with Crippen molar-refractivity contribution < 1.29 is 36.6 Å². The van der Waals surface area contributed by atoms with E-state index in [9.17, 15) is 22.4 Å². The molecule has 0 bridgehead atoms. The first kappa shape index (κ1) is 21.2. The van der Waals surface area contributed by atoms with Crippen LogP contribution in [-0.2, 0) is 25.2 Å². The van der Waals surface area contributed by atoms with Gasteiger partial charge in [0.1, 0.15) is 30.3 Å². The second-order valence-corrected chi connectivity index (χ2v) is 8.08. The molecule has 8 nitrogen and oxygen atoms in total. The Bertz CT molecular complexity index is 809. The van der Waals surface area contributed by atoms with Crippen LogP contribution in [0.25, 0.3) is 0 Å². The van der Waals surface area contributed by atoms with E-state index >= 15 is 0 Å². The molecule has 3 heterocycles. The molecule has 4 rings (SSSR count). The number of nitrogens with one attached hydrogen (secondary N) is 2. The third-order valence-electron chi connectivity index (χ3n) is 5.20. The molecule has 0 radical (unpaired) electrons. The van der Waals surface area contributed by atoms with Crippen LogP contribution in [0.2, 0.25) is 0 Å². The summed E-state index contributed by atoms with van der Waals surface area (Å²) in [5, 5.41) is 5.55. The molecule has 0 aromatic carbocycles. The van der Waals surface area contributed by atoms with Gasteiger partial charge >= 0.3 is 6.18 Å². The van der Waals surface area contributed by atoms with E-state index in [1.807, 2.05) is 0 Å². The van der Waals surface area contributed by atoms with Crippen LogP contribution in [0.5, 0.6) is 0 Å². The minimum atomic E-state index is -4.62. The van der Waals surface area contributed by atoms with E-state index in [-0.39, 0.29) is 31.3 Å². The SMILES string of the molecule is CC1(C)O[C@@H]2[C@H](O1)[C@@H](Nc1cncc(C(F)(F)F)n1)CO[C@@H]2CNC(=O)[C@H]1C[C@H]1F. The highest BCUT2D eigenvalue weighted by Gasteiger charge is 2.52. The Kier molecular flexibility index (Phi) is 5.35. The highest BCUT2D eigenvalue weighted by atomic mass is 19.4. The highest BCUT2D eigenvalue weighted by molar-refractivity contribution is 5.82. The molecular formula is C18H22F4N4O4. The number of anilines is 1. The number of hydrogen-bond donors (Lipinski definition) is 2. The lowest BCUT2D eigenvalue weighted by molar-refractivity contribution is -0.153. The van der Waals surface area contributed by atoms with Crippen molar-refractivity contribution in [3.05, 3.63) is 18.1 Å². The number of fused-ring (bicyclic) bond motifs is 1. The van der Waals surface area contributed by atoms with Crippen LogP contribution in [0, 0.1) is 5.92 Å². The third kappa shape index (κ3) is 4.49. The number of nitrogens with zero attached hydrogens (tertiary/aromatic N) is 2. The van der Waals surface area contributed by atoms with Crippen molar-refractivity contribution >= 4 is 11.7 Å². The van der Waals surface area contributed by atoms with E-state index in [0.29, 0.717) is 6.20 Å². The number of amides is 1. The summed E-state index contributed by atoms with van der Waals surface area (Å²) in [7, 11) is 0. The van der Waals surface area contributed by atoms with Gasteiger partial charge in [0.05, 0.1) is 31.0 Å². The number of halogens is 4. The summed E-state index contributed by atoms with van der Waals surface area (Å²) in [6, 6.07) is -0.555. The van der Waals surface area contributed by atoms with E-state index in [4.69, 9.17) is 14.2 Å². The molecule has 3 aliphatic rings. The van der Waals surface area contributed by atoms with Crippen molar-refractivity contribution in [2.75, 3.05) is 18.5 Å². The van der Waals surface area contributed by atoms with E-state index in [2.05, 4.69) is 20.6 Å². The summed E-state index contributed by atoms with van der Waals surface area (Å²) in [6.45, 7) is 3.60. The van der Waals surface area contributed by atoms with Crippen LogP contribution in [0.4, 0.5) is 23.4 Å². The molecule has 166 valence electrons. The molecule has 2 N–H and O–H groups in total. The van der Waals surface area contributed by atoms with Crippen molar-refractivity contribution in [1.82, 2.24) is 15.3 Å². The molecule has 0 spiro atoms. The maximum atomic E-state index is 13.0. The van der Waals surface area contributed by atoms with Gasteiger partial charge in [-0.2, -0.15) is 13.2 Å². The second kappa shape index (κ2) is 7.57. The Labute approximate surface area is 169 Å². The van der Waals surface area contributed by atoms with Crippen molar-refractivity contribution in [1.29, 1.82) is 0 Å². The van der Waals surface area contributed by atoms with Gasteiger partial charge in [-0.25, -0.2) is 9.37 Å². The van der Waals surface area contributed by atoms with Gasteiger partial charge in [-0.05, 0) is 20.3 Å². The van der Waals surface area contributed by atoms with Gasteiger partial charge < -0.3 is 24.8 Å². The molecule has 1 aromatic heterocycles. The smallest absolute Gasteiger partial charge is 0.371 e. The monoisotopic (exact) mass is 434 g/mol. The maximum Gasteiger partial charge on any atom is 0.434 e. The quantitative estimate of drug-likeness (QED) is 0.681. The fourth-order valence-electron chi connectivity index (χ4n) is 3.66. The molecule has 1 aromatic rings. The number of rotatable bonds is 5. The zero-order valence-electron chi connectivity index (χ0n) is 16.3. The Morgan fingerprint density at radius 2 is 1.97 bits per heavy atom. The molecule has 2 saturated heterocycles. The second-order valence-electron chi connectivity index (χ2n) is 8.08. The van der Waals surface area contributed by atoms with Crippen molar-refractivity contribution in [3.8, 4) is 0 Å². The van der Waals surface area contributed by atoms with Gasteiger partial charge in [0.25, 0.3) is 0 Å². The van der Waals surface area contributed by atoms with Crippen LogP contribution in [0.15, 0.2) is 12.4 Å². The van der Waals surface area contributed by atoms with Crippen LogP contribution in [-0.4, -0.2) is 65.3 Å². The maximum absolute atomic E-state index is 13.0. The number of ether oxygens (including phenoxy) is 3. The summed E-state index contributed by atoms with van der Waals surface area (Å²) in [4.78, 5) is 19.0. The first-order valence-corrected chi connectivity index (χ1v) is 9.58. The average Bonchev–Trinajstić information content (AvgIpc) is 3.29. The van der Waals surface area contributed by atoms with Crippen LogP contribution in [0.1, 0.15) is 26.0 Å². The van der Waals surface area contributed by atoms with E-state index in [1.54, 1.807) is 13.8 Å². The normalized spacial score (nSPS) is 34.9. The predicted molar refractivity (Wildman–Crippen MR) is 94.0 cm³/mol. The average molecular weight is 434 g/mol. The molecular weight excluding hydrogens is 412 g/mol. The fraction of sp³-hybridized carbons (Fsp3) is 0.722. The number of alkyl halides is 4. The summed E-state index contributed by atoms with van der Waals surface area (Å²) in [6.07, 6.45) is -5.38. The Balaban J connectivity index is 1.43. The number of aromatic nitrogens is 2. The predicted octanol–water partition coefficient (Wildman–Crippen LogP) is 1.67. The van der Waals surface area contributed by atoms with Crippen molar-refractivity contribution in [2.45, 2.75) is 62.8 Å². The van der Waals surface area contributed by atoms with Gasteiger partial charge in [0.15, 0.2) is 11.5 Å². The van der Waals surface area contributed by atoms with E-state index < -0.39 is 54.1 Å². The molecule has 2 aliphatic heterocycles. The van der Waals surface area contributed by atoms with Gasteiger partial charge in [-0.1, -0.05) is 0 Å². The Hall–Kier alpha value is -2.05. The minimum Gasteiger partial charge on any atom is -0.371 e. The molecule has 12 heteroatoms. The minimum absolute atomic E-state index is 0.0695. The first-order valence-electron chi connectivity index (χ1n) is 9.58. The zero-order valence-corrected chi connectivity index (χ0v) is 16.3. The van der Waals surface area contributed by atoms with Gasteiger partial charge in [-0.3, -0.25) is 9.78 Å². The van der Waals surface area contributed by atoms with E-state index in [0.717, 1.165) is 0 Å². The van der Waals surface area contributed by atoms with Crippen molar-refractivity contribution in [3.63, 3.8) is 0 Å². The summed E-state index contributed by atoms with van der Waals surface area (Å²) >= 11 is 0. The fourth-order valence-corrected chi connectivity index (χ4v) is 3.66. The molecule has 3 fully saturated rings. The third-order valence-corrected chi connectivity index (χ3v) is 5.20. The van der Waals surface area contributed by atoms with Crippen LogP contribution in [0.3, 0.4) is 0 Å². The molecule has 1 aliphatic carbocycles. The van der Waals surface area contributed by atoms with Gasteiger partial charge in [0, 0.05) is 6.54 Å². The van der Waals surface area contributed by atoms with Gasteiger partial charge in [0.2, 0.25) is 5.91 Å². The lowest BCUT2D eigenvalue weighted by Crippen LogP contribution is -2.57. The standard InChI is InChI=1S/C18H22F4N4O4/c1-17(2)29-14-10(25-13-6-23-5-12(26-13)18(20,21)22)7-28-11(15(14)30-17)4-24-16(27)8-3-9(8)19/h5-6,8-11,14-15H,3-4,7H2,1-2H3,(H,24,27)(H,25,26)/t8-,9+,10-,11+,14+,15-/m0/s1. The zero-order chi connectivity index (χ0) is 21.7. The Morgan fingerprint density at radius 3 is 2.63 bits per heavy atom. The molecule has 1 saturated carbocycles.